The van der Waals surface area contributed by atoms with Gasteiger partial charge >= 0.3 is 0 Å². The third-order valence-electron chi connectivity index (χ3n) is 4.16. The van der Waals surface area contributed by atoms with Crippen molar-refractivity contribution in [2.24, 2.45) is 0 Å². The molecule has 0 fully saturated rings. The molecule has 3 rings (SSSR count). The van der Waals surface area contributed by atoms with Crippen molar-refractivity contribution in [3.05, 3.63) is 83.2 Å². The lowest BCUT2D eigenvalue weighted by Gasteiger charge is -2.09. The van der Waals surface area contributed by atoms with Gasteiger partial charge in [-0.3, -0.25) is 14.6 Å². The molecule has 0 unspecified atom stereocenters. The number of anilines is 2. The highest BCUT2D eigenvalue weighted by Crippen LogP contribution is 2.17. The summed E-state index contributed by atoms with van der Waals surface area (Å²) in [4.78, 5) is 29.2. The molecule has 148 valence electrons. The van der Waals surface area contributed by atoms with E-state index in [2.05, 4.69) is 15.6 Å². The molecule has 0 radical (unpaired) electrons. The van der Waals surface area contributed by atoms with Gasteiger partial charge in [-0.05, 0) is 80.4 Å². The molecular formula is C23H23N3O3. The second kappa shape index (κ2) is 9.01. The maximum atomic E-state index is 12.5. The van der Waals surface area contributed by atoms with E-state index in [-0.39, 0.29) is 17.5 Å². The van der Waals surface area contributed by atoms with E-state index in [4.69, 9.17) is 4.74 Å². The Balaban J connectivity index is 1.70. The summed E-state index contributed by atoms with van der Waals surface area (Å²) in [5.41, 5.74) is 3.95. The van der Waals surface area contributed by atoms with E-state index in [0.717, 1.165) is 16.9 Å². The first kappa shape index (κ1) is 20.1. The minimum atomic E-state index is -0.370. The van der Waals surface area contributed by atoms with Crippen molar-refractivity contribution in [3.63, 3.8) is 0 Å². The van der Waals surface area contributed by atoms with E-state index in [1.54, 1.807) is 30.3 Å². The fourth-order valence-corrected chi connectivity index (χ4v) is 2.94. The number of carbonyl (C=O) groups excluding carboxylic acids is 2. The number of hydrogen-bond acceptors (Lipinski definition) is 4. The fourth-order valence-electron chi connectivity index (χ4n) is 2.94. The second-order valence-corrected chi connectivity index (χ2v) is 6.67. The molecule has 6 nitrogen and oxygen atoms in total. The summed E-state index contributed by atoms with van der Waals surface area (Å²) in [6.07, 6.45) is 1.45. The van der Waals surface area contributed by atoms with Crippen LogP contribution in [0.5, 0.6) is 5.75 Å². The van der Waals surface area contributed by atoms with Gasteiger partial charge in [0.05, 0.1) is 6.61 Å². The molecule has 0 saturated carbocycles. The van der Waals surface area contributed by atoms with Gasteiger partial charge in [0.15, 0.2) is 0 Å². The van der Waals surface area contributed by atoms with Crippen molar-refractivity contribution < 1.29 is 14.3 Å². The lowest BCUT2D eigenvalue weighted by molar-refractivity contribution is 0.102. The topological polar surface area (TPSA) is 80.3 Å². The van der Waals surface area contributed by atoms with Crippen molar-refractivity contribution in [1.29, 1.82) is 0 Å². The molecule has 1 aromatic heterocycles. The molecule has 2 N–H and O–H groups in total. The lowest BCUT2D eigenvalue weighted by Crippen LogP contribution is -2.17. The van der Waals surface area contributed by atoms with Gasteiger partial charge in [-0.2, -0.15) is 0 Å². The van der Waals surface area contributed by atoms with Crippen molar-refractivity contribution in [2.75, 3.05) is 17.2 Å². The van der Waals surface area contributed by atoms with Gasteiger partial charge in [-0.25, -0.2) is 0 Å². The highest BCUT2D eigenvalue weighted by molar-refractivity contribution is 6.07. The van der Waals surface area contributed by atoms with Crippen LogP contribution in [0.25, 0.3) is 0 Å². The summed E-state index contributed by atoms with van der Waals surface area (Å²) in [6.45, 7) is 6.42. The SMILES string of the molecule is CCOc1ccc(NC(=O)c2ccnc(C(=O)Nc3cc(C)cc(C)c3)c2)cc1. The van der Waals surface area contributed by atoms with Gasteiger partial charge in [-0.15, -0.1) is 0 Å². The number of aromatic nitrogens is 1. The zero-order chi connectivity index (χ0) is 20.8. The monoisotopic (exact) mass is 389 g/mol. The van der Waals surface area contributed by atoms with Crippen LogP contribution >= 0.6 is 0 Å². The van der Waals surface area contributed by atoms with Crippen LogP contribution in [0.4, 0.5) is 11.4 Å². The van der Waals surface area contributed by atoms with E-state index in [1.165, 1.54) is 12.3 Å². The molecule has 0 atom stereocenters. The molecule has 3 aromatic rings. The number of pyridine rings is 1. The number of benzene rings is 2. The molecule has 0 saturated heterocycles. The zero-order valence-electron chi connectivity index (χ0n) is 16.7. The third kappa shape index (κ3) is 5.42. The van der Waals surface area contributed by atoms with Crippen molar-refractivity contribution in [3.8, 4) is 5.75 Å². The van der Waals surface area contributed by atoms with Crippen LogP contribution in [0, 0.1) is 13.8 Å². The average molecular weight is 389 g/mol. The van der Waals surface area contributed by atoms with Crippen LogP contribution in [0.3, 0.4) is 0 Å². The maximum absolute atomic E-state index is 12.5. The number of amides is 2. The summed E-state index contributed by atoms with van der Waals surface area (Å²) in [5, 5.41) is 5.63. The minimum absolute atomic E-state index is 0.170. The highest BCUT2D eigenvalue weighted by Gasteiger charge is 2.13. The standard InChI is InChI=1S/C23H23N3O3/c1-4-29-20-7-5-18(6-8-20)25-22(27)17-9-10-24-21(14-17)23(28)26-19-12-15(2)11-16(3)13-19/h5-14H,4H2,1-3H3,(H,25,27)(H,26,28). The first-order valence-corrected chi connectivity index (χ1v) is 9.34. The largest absolute Gasteiger partial charge is 0.494 e. The molecule has 0 aliphatic carbocycles. The smallest absolute Gasteiger partial charge is 0.274 e. The summed E-state index contributed by atoms with van der Waals surface area (Å²) >= 11 is 0. The van der Waals surface area contributed by atoms with Crippen LogP contribution in [0.2, 0.25) is 0 Å². The number of rotatable bonds is 6. The molecule has 6 heteroatoms. The normalized spacial score (nSPS) is 10.3. The first-order valence-electron chi connectivity index (χ1n) is 9.34. The molecule has 1 heterocycles. The van der Waals surface area contributed by atoms with Crippen molar-refractivity contribution in [2.45, 2.75) is 20.8 Å². The Labute approximate surface area is 169 Å². The van der Waals surface area contributed by atoms with E-state index in [9.17, 15) is 9.59 Å². The van der Waals surface area contributed by atoms with E-state index >= 15 is 0 Å². The Morgan fingerprint density at radius 1 is 0.862 bits per heavy atom. The molecule has 0 aliphatic heterocycles. The van der Waals surface area contributed by atoms with Crippen LogP contribution in [0.1, 0.15) is 38.9 Å². The van der Waals surface area contributed by atoms with E-state index in [1.807, 2.05) is 39.0 Å². The van der Waals surface area contributed by atoms with Gasteiger partial charge in [0, 0.05) is 23.1 Å². The zero-order valence-corrected chi connectivity index (χ0v) is 16.7. The molecule has 0 spiro atoms. The predicted molar refractivity (Wildman–Crippen MR) is 114 cm³/mol. The Morgan fingerprint density at radius 3 is 2.17 bits per heavy atom. The molecule has 2 amide bonds. The average Bonchev–Trinajstić information content (AvgIpc) is 2.69. The van der Waals surface area contributed by atoms with Gasteiger partial charge in [0.25, 0.3) is 11.8 Å². The first-order chi connectivity index (χ1) is 13.9. The van der Waals surface area contributed by atoms with Crippen LogP contribution in [-0.2, 0) is 0 Å². The number of hydrogen-bond donors (Lipinski definition) is 2. The third-order valence-corrected chi connectivity index (χ3v) is 4.16. The van der Waals surface area contributed by atoms with Crippen LogP contribution < -0.4 is 15.4 Å². The quantitative estimate of drug-likeness (QED) is 0.646. The summed E-state index contributed by atoms with van der Waals surface area (Å²) < 4.78 is 5.39. The molecule has 2 aromatic carbocycles. The lowest BCUT2D eigenvalue weighted by atomic mass is 10.1. The van der Waals surface area contributed by atoms with Crippen LogP contribution in [-0.4, -0.2) is 23.4 Å². The van der Waals surface area contributed by atoms with Gasteiger partial charge in [-0.1, -0.05) is 6.07 Å². The van der Waals surface area contributed by atoms with Crippen molar-refractivity contribution in [1.82, 2.24) is 4.98 Å². The summed E-state index contributed by atoms with van der Waals surface area (Å²) in [5.74, 6) is 0.0440. The molecule has 29 heavy (non-hydrogen) atoms. The Kier molecular flexibility index (Phi) is 6.24. The summed E-state index contributed by atoms with van der Waals surface area (Å²) in [7, 11) is 0. The summed E-state index contributed by atoms with van der Waals surface area (Å²) in [6, 6.07) is 15.9. The van der Waals surface area contributed by atoms with Gasteiger partial charge < -0.3 is 15.4 Å². The predicted octanol–water partition coefficient (Wildman–Crippen LogP) is 4.60. The van der Waals surface area contributed by atoms with E-state index in [0.29, 0.717) is 23.5 Å². The van der Waals surface area contributed by atoms with E-state index < -0.39 is 0 Å². The second-order valence-electron chi connectivity index (χ2n) is 6.67. The molecule has 0 aliphatic rings. The number of nitrogens with one attached hydrogen (secondary N) is 2. The number of aryl methyl sites for hydroxylation is 2. The van der Waals surface area contributed by atoms with Gasteiger partial charge in [0.2, 0.25) is 0 Å². The maximum Gasteiger partial charge on any atom is 0.274 e. The molecule has 0 bridgehead atoms. The fraction of sp³-hybridized carbons (Fsp3) is 0.174. The minimum Gasteiger partial charge on any atom is -0.494 e. The van der Waals surface area contributed by atoms with Crippen LogP contribution in [0.15, 0.2) is 60.8 Å². The Bertz CT molecular complexity index is 1010. The highest BCUT2D eigenvalue weighted by atomic mass is 16.5. The Morgan fingerprint density at radius 2 is 1.52 bits per heavy atom. The Hall–Kier alpha value is -3.67. The molecular weight excluding hydrogens is 366 g/mol. The number of carbonyl (C=O) groups is 2. The van der Waals surface area contributed by atoms with Gasteiger partial charge in [0.1, 0.15) is 11.4 Å². The number of nitrogens with zero attached hydrogens (tertiary/aromatic N) is 1. The van der Waals surface area contributed by atoms with Crippen molar-refractivity contribution >= 4 is 23.2 Å². The number of ether oxygens (including phenoxy) is 1.